The molecule has 1 aromatic heterocycles. The first-order chi connectivity index (χ1) is 14.0. The third-order valence-electron chi connectivity index (χ3n) is 4.18. The number of benzene rings is 2. The Morgan fingerprint density at radius 3 is 2.69 bits per heavy atom. The number of ether oxygens (including phenoxy) is 1. The lowest BCUT2D eigenvalue weighted by Crippen LogP contribution is -2.38. The average Bonchev–Trinajstić information content (AvgIpc) is 2.72. The van der Waals surface area contributed by atoms with Crippen molar-refractivity contribution in [1.82, 2.24) is 20.3 Å². The summed E-state index contributed by atoms with van der Waals surface area (Å²) in [5, 5.41) is 22.7. The Morgan fingerprint density at radius 2 is 1.93 bits per heavy atom. The number of hydrogen-bond acceptors (Lipinski definition) is 7. The monoisotopic (exact) mass is 395 g/mol. The van der Waals surface area contributed by atoms with Crippen molar-refractivity contribution in [3.63, 3.8) is 0 Å². The highest BCUT2D eigenvalue weighted by molar-refractivity contribution is 5.68. The molecule has 0 radical (unpaired) electrons. The van der Waals surface area contributed by atoms with Gasteiger partial charge in [-0.1, -0.05) is 48.5 Å². The van der Waals surface area contributed by atoms with Crippen molar-refractivity contribution in [3.8, 4) is 17.1 Å². The van der Waals surface area contributed by atoms with Gasteiger partial charge in [0.25, 0.3) is 0 Å². The Bertz CT molecular complexity index is 968. The summed E-state index contributed by atoms with van der Waals surface area (Å²) < 4.78 is 5.70. The van der Waals surface area contributed by atoms with Crippen molar-refractivity contribution in [2.45, 2.75) is 19.8 Å². The van der Waals surface area contributed by atoms with Gasteiger partial charge in [0.1, 0.15) is 19.2 Å². The molecule has 4 N–H and O–H groups in total. The molecule has 0 bridgehead atoms. The molecule has 2 aromatic carbocycles. The smallest absolute Gasteiger partial charge is 0.406 e. The van der Waals surface area contributed by atoms with E-state index in [1.807, 2.05) is 42.6 Å². The van der Waals surface area contributed by atoms with E-state index in [-0.39, 0.29) is 25.1 Å². The van der Waals surface area contributed by atoms with Crippen LogP contribution in [0.25, 0.3) is 11.1 Å². The lowest BCUT2D eigenvalue weighted by molar-refractivity contribution is 0.129. The molecular formula is C20H21N5O4. The van der Waals surface area contributed by atoms with E-state index in [4.69, 9.17) is 9.84 Å². The van der Waals surface area contributed by atoms with E-state index < -0.39 is 12.3 Å². The summed E-state index contributed by atoms with van der Waals surface area (Å²) in [5.74, 6) is 0.163. The maximum atomic E-state index is 10.5. The summed E-state index contributed by atoms with van der Waals surface area (Å²) in [6, 6.07) is 16.2. The van der Waals surface area contributed by atoms with Crippen LogP contribution in [0, 0.1) is 6.92 Å². The highest BCUT2D eigenvalue weighted by Gasteiger charge is 2.10. The number of amides is 1. The molecule has 0 saturated heterocycles. The lowest BCUT2D eigenvalue weighted by Gasteiger charge is -2.13. The molecule has 0 fully saturated rings. The van der Waals surface area contributed by atoms with Crippen LogP contribution in [-0.2, 0) is 6.61 Å². The second-order valence-electron chi connectivity index (χ2n) is 6.18. The molecule has 1 unspecified atom stereocenters. The molecule has 3 rings (SSSR count). The predicted octanol–water partition coefficient (Wildman–Crippen LogP) is 2.42. The highest BCUT2D eigenvalue weighted by Crippen LogP contribution is 2.26. The van der Waals surface area contributed by atoms with Crippen molar-refractivity contribution < 1.29 is 19.7 Å². The summed E-state index contributed by atoms with van der Waals surface area (Å²) >= 11 is 0. The zero-order valence-electron chi connectivity index (χ0n) is 15.7. The van der Waals surface area contributed by atoms with Gasteiger partial charge in [0, 0.05) is 0 Å². The van der Waals surface area contributed by atoms with Crippen LogP contribution >= 0.6 is 0 Å². The molecular weight excluding hydrogens is 374 g/mol. The number of carboxylic acid groups (broad SMARTS) is 1. The zero-order valence-corrected chi connectivity index (χ0v) is 15.7. The number of carbonyl (C=O) groups is 1. The standard InChI is InChI=1S/C20H21N5O4/c1-13-15(8-5-9-16(13)14-6-3-2-4-7-14)11-29-19-23-12-22-18(25-19)21-10-17(26)24-20(27)28/h2-9,12,17,24,26H,10-11H2,1H3,(H,27,28)(H,21,22,23,25). The van der Waals surface area contributed by atoms with Crippen molar-refractivity contribution >= 4 is 12.0 Å². The number of rotatable bonds is 8. The summed E-state index contributed by atoms with van der Waals surface area (Å²) in [6.45, 7) is 2.21. The van der Waals surface area contributed by atoms with Crippen molar-refractivity contribution in [2.75, 3.05) is 11.9 Å². The van der Waals surface area contributed by atoms with E-state index >= 15 is 0 Å². The fourth-order valence-electron chi connectivity index (χ4n) is 2.73. The first kappa shape index (κ1) is 20.0. The number of aliphatic hydroxyl groups is 1. The number of aliphatic hydroxyl groups excluding tert-OH is 1. The Morgan fingerprint density at radius 1 is 1.14 bits per heavy atom. The largest absolute Gasteiger partial charge is 0.465 e. The van der Waals surface area contributed by atoms with Crippen LogP contribution in [0.2, 0.25) is 0 Å². The first-order valence-corrected chi connectivity index (χ1v) is 8.90. The van der Waals surface area contributed by atoms with E-state index in [1.54, 1.807) is 0 Å². The summed E-state index contributed by atoms with van der Waals surface area (Å²) in [7, 11) is 0. The van der Waals surface area contributed by atoms with Gasteiger partial charge in [-0.25, -0.2) is 9.78 Å². The molecule has 1 atom stereocenters. The maximum Gasteiger partial charge on any atom is 0.406 e. The number of anilines is 1. The van der Waals surface area contributed by atoms with Gasteiger partial charge in [0.2, 0.25) is 5.95 Å². The van der Waals surface area contributed by atoms with Crippen molar-refractivity contribution in [1.29, 1.82) is 0 Å². The maximum absolute atomic E-state index is 10.5. The quantitative estimate of drug-likeness (QED) is 0.428. The van der Waals surface area contributed by atoms with Gasteiger partial charge in [-0.05, 0) is 29.2 Å². The summed E-state index contributed by atoms with van der Waals surface area (Å²) in [5.41, 5.74) is 4.37. The second-order valence-corrected chi connectivity index (χ2v) is 6.18. The minimum absolute atomic E-state index is 0.103. The molecule has 0 spiro atoms. The SMILES string of the molecule is Cc1c(COc2ncnc(NCC(O)NC(=O)O)n2)cccc1-c1ccccc1. The van der Waals surface area contributed by atoms with Gasteiger partial charge in [-0.15, -0.1) is 0 Å². The molecule has 9 heteroatoms. The number of aromatic nitrogens is 3. The van der Waals surface area contributed by atoms with Crippen LogP contribution in [0.3, 0.4) is 0 Å². The van der Waals surface area contributed by atoms with Crippen LogP contribution in [0.5, 0.6) is 6.01 Å². The van der Waals surface area contributed by atoms with Gasteiger partial charge in [0.05, 0.1) is 6.54 Å². The predicted molar refractivity (Wildman–Crippen MR) is 106 cm³/mol. The number of nitrogens with zero attached hydrogens (tertiary/aromatic N) is 3. The van der Waals surface area contributed by atoms with Crippen LogP contribution in [0.1, 0.15) is 11.1 Å². The van der Waals surface area contributed by atoms with E-state index in [2.05, 4.69) is 38.5 Å². The fourth-order valence-corrected chi connectivity index (χ4v) is 2.73. The molecule has 29 heavy (non-hydrogen) atoms. The zero-order chi connectivity index (χ0) is 20.6. The second kappa shape index (κ2) is 9.47. The third kappa shape index (κ3) is 5.63. The molecule has 1 amide bonds. The normalized spacial score (nSPS) is 11.5. The van der Waals surface area contributed by atoms with Gasteiger partial charge < -0.3 is 20.3 Å². The number of nitrogens with one attached hydrogen (secondary N) is 2. The van der Waals surface area contributed by atoms with Gasteiger partial charge in [-0.3, -0.25) is 5.32 Å². The van der Waals surface area contributed by atoms with Crippen LogP contribution in [-0.4, -0.2) is 44.0 Å². The topological polar surface area (TPSA) is 129 Å². The summed E-state index contributed by atoms with van der Waals surface area (Å²) in [4.78, 5) is 22.5. The Hall–Kier alpha value is -3.72. The summed E-state index contributed by atoms with van der Waals surface area (Å²) in [6.07, 6.45) is -1.35. The van der Waals surface area contributed by atoms with Crippen LogP contribution in [0.4, 0.5) is 10.7 Å². The lowest BCUT2D eigenvalue weighted by atomic mass is 9.97. The Labute approximate surface area is 167 Å². The van der Waals surface area contributed by atoms with E-state index in [9.17, 15) is 9.90 Å². The van der Waals surface area contributed by atoms with Crippen LogP contribution < -0.4 is 15.4 Å². The molecule has 0 aliphatic heterocycles. The molecule has 0 saturated carbocycles. The molecule has 9 nitrogen and oxygen atoms in total. The minimum Gasteiger partial charge on any atom is -0.465 e. The highest BCUT2D eigenvalue weighted by atomic mass is 16.5. The fraction of sp³-hybridized carbons (Fsp3) is 0.200. The van der Waals surface area contributed by atoms with Crippen molar-refractivity contribution in [2.24, 2.45) is 0 Å². The third-order valence-corrected chi connectivity index (χ3v) is 4.18. The molecule has 0 aliphatic rings. The minimum atomic E-state index is -1.33. The van der Waals surface area contributed by atoms with Crippen molar-refractivity contribution in [3.05, 3.63) is 66.0 Å². The van der Waals surface area contributed by atoms with E-state index in [1.165, 1.54) is 6.33 Å². The van der Waals surface area contributed by atoms with E-state index in [0.717, 1.165) is 22.3 Å². The first-order valence-electron chi connectivity index (χ1n) is 8.90. The van der Waals surface area contributed by atoms with Gasteiger partial charge >= 0.3 is 12.1 Å². The van der Waals surface area contributed by atoms with E-state index in [0.29, 0.717) is 0 Å². The van der Waals surface area contributed by atoms with Crippen LogP contribution in [0.15, 0.2) is 54.9 Å². The van der Waals surface area contributed by atoms with Gasteiger partial charge in [-0.2, -0.15) is 9.97 Å². The Balaban J connectivity index is 1.64. The molecule has 3 aromatic rings. The Kier molecular flexibility index (Phi) is 6.54. The number of hydrogen-bond donors (Lipinski definition) is 4. The molecule has 0 aliphatic carbocycles. The van der Waals surface area contributed by atoms with Gasteiger partial charge in [0.15, 0.2) is 0 Å². The molecule has 150 valence electrons. The molecule has 1 heterocycles. The average molecular weight is 395 g/mol.